The molecule has 0 bridgehead atoms. The van der Waals surface area contributed by atoms with Crippen molar-refractivity contribution < 1.29 is 18.0 Å². The Kier molecular flexibility index (Phi) is 4.19. The van der Waals surface area contributed by atoms with Crippen molar-refractivity contribution in [2.24, 2.45) is 0 Å². The number of thioether (sulfide) groups is 1. The molecular formula is C14H10FN3O3S. The fourth-order valence-corrected chi connectivity index (χ4v) is 2.21. The van der Waals surface area contributed by atoms with Crippen LogP contribution in [0.15, 0.2) is 56.7 Å². The molecule has 3 rings (SSSR count). The highest BCUT2D eigenvalue weighted by Crippen LogP contribution is 2.23. The normalized spacial score (nSPS) is 10.6. The van der Waals surface area contributed by atoms with E-state index in [0.717, 1.165) is 11.8 Å². The summed E-state index contributed by atoms with van der Waals surface area (Å²) in [4.78, 5) is 11.8. The summed E-state index contributed by atoms with van der Waals surface area (Å²) >= 11 is 1.06. The molecule has 1 amide bonds. The number of carbonyl (C=O) groups excluding carboxylic acids is 1. The zero-order valence-electron chi connectivity index (χ0n) is 11.2. The van der Waals surface area contributed by atoms with Gasteiger partial charge in [-0.05, 0) is 24.3 Å². The molecule has 0 unspecified atom stereocenters. The van der Waals surface area contributed by atoms with Crippen LogP contribution in [0.4, 0.5) is 10.1 Å². The first kappa shape index (κ1) is 14.3. The van der Waals surface area contributed by atoms with Gasteiger partial charge < -0.3 is 14.2 Å². The second kappa shape index (κ2) is 6.44. The van der Waals surface area contributed by atoms with E-state index in [2.05, 4.69) is 15.5 Å². The lowest BCUT2D eigenvalue weighted by Gasteiger charge is -2.04. The molecule has 0 aliphatic heterocycles. The van der Waals surface area contributed by atoms with Gasteiger partial charge >= 0.3 is 0 Å². The van der Waals surface area contributed by atoms with Gasteiger partial charge in [0.15, 0.2) is 5.76 Å². The zero-order chi connectivity index (χ0) is 15.4. The van der Waals surface area contributed by atoms with Gasteiger partial charge in [0.05, 0.1) is 17.7 Å². The zero-order valence-corrected chi connectivity index (χ0v) is 12.0. The Morgan fingerprint density at radius 2 is 2.09 bits per heavy atom. The predicted molar refractivity (Wildman–Crippen MR) is 77.8 cm³/mol. The monoisotopic (exact) mass is 319 g/mol. The fraction of sp³-hybridized carbons (Fsp3) is 0.0714. The number of aromatic nitrogens is 2. The minimum absolute atomic E-state index is 0.0219. The van der Waals surface area contributed by atoms with E-state index >= 15 is 0 Å². The van der Waals surface area contributed by atoms with Gasteiger partial charge in [-0.1, -0.05) is 23.9 Å². The van der Waals surface area contributed by atoms with E-state index in [0.29, 0.717) is 5.76 Å². The third kappa shape index (κ3) is 3.34. The maximum atomic E-state index is 13.4. The first-order valence-corrected chi connectivity index (χ1v) is 7.25. The second-order valence-electron chi connectivity index (χ2n) is 4.17. The summed E-state index contributed by atoms with van der Waals surface area (Å²) in [7, 11) is 0. The number of para-hydroxylation sites is 1. The smallest absolute Gasteiger partial charge is 0.284 e. The highest BCUT2D eigenvalue weighted by atomic mass is 32.2. The van der Waals surface area contributed by atoms with Gasteiger partial charge in [-0.3, -0.25) is 4.79 Å². The van der Waals surface area contributed by atoms with E-state index in [4.69, 9.17) is 8.83 Å². The van der Waals surface area contributed by atoms with Crippen LogP contribution in [-0.4, -0.2) is 21.9 Å². The molecule has 0 radical (unpaired) electrons. The van der Waals surface area contributed by atoms with Crippen molar-refractivity contribution in [2.45, 2.75) is 5.22 Å². The third-order valence-corrected chi connectivity index (χ3v) is 3.43. The number of carbonyl (C=O) groups is 1. The van der Waals surface area contributed by atoms with Crippen molar-refractivity contribution in [2.75, 3.05) is 11.1 Å². The molecule has 22 heavy (non-hydrogen) atoms. The first-order chi connectivity index (χ1) is 10.7. The van der Waals surface area contributed by atoms with Crippen molar-refractivity contribution in [1.29, 1.82) is 0 Å². The Bertz CT molecular complexity index is 773. The van der Waals surface area contributed by atoms with Gasteiger partial charge in [0.1, 0.15) is 5.82 Å². The van der Waals surface area contributed by atoms with Crippen LogP contribution in [-0.2, 0) is 4.79 Å². The number of hydrogen-bond donors (Lipinski definition) is 1. The topological polar surface area (TPSA) is 81.2 Å². The molecule has 112 valence electrons. The number of hydrogen-bond acceptors (Lipinski definition) is 6. The molecule has 6 nitrogen and oxygen atoms in total. The lowest BCUT2D eigenvalue weighted by atomic mass is 10.3. The standard InChI is InChI=1S/C14H10FN3O3S/c15-9-4-1-2-5-10(9)16-12(19)8-22-14-18-17-13(21-14)11-6-3-7-20-11/h1-7H,8H2,(H,16,19). The Hall–Kier alpha value is -2.61. The van der Waals surface area contributed by atoms with Crippen LogP contribution in [0, 0.1) is 5.82 Å². The van der Waals surface area contributed by atoms with Crippen molar-refractivity contribution in [3.63, 3.8) is 0 Å². The molecule has 2 aromatic heterocycles. The van der Waals surface area contributed by atoms with Crippen LogP contribution in [0.2, 0.25) is 0 Å². The molecule has 0 aliphatic rings. The molecule has 2 heterocycles. The van der Waals surface area contributed by atoms with Gasteiger partial charge in [0, 0.05) is 0 Å². The van der Waals surface area contributed by atoms with E-state index in [-0.39, 0.29) is 28.5 Å². The molecular weight excluding hydrogens is 309 g/mol. The summed E-state index contributed by atoms with van der Waals surface area (Å²) in [6.45, 7) is 0. The third-order valence-electron chi connectivity index (χ3n) is 2.61. The molecule has 0 spiro atoms. The van der Waals surface area contributed by atoms with Crippen molar-refractivity contribution in [3.8, 4) is 11.7 Å². The summed E-state index contributed by atoms with van der Waals surface area (Å²) in [5, 5.41) is 10.3. The Labute approximate surface area is 128 Å². The van der Waals surface area contributed by atoms with Crippen LogP contribution < -0.4 is 5.32 Å². The molecule has 8 heteroatoms. The minimum Gasteiger partial charge on any atom is -0.459 e. The molecule has 0 fully saturated rings. The van der Waals surface area contributed by atoms with Gasteiger partial charge in [-0.15, -0.1) is 10.2 Å². The number of nitrogens with one attached hydrogen (secondary N) is 1. The number of benzene rings is 1. The largest absolute Gasteiger partial charge is 0.459 e. The van der Waals surface area contributed by atoms with E-state index in [9.17, 15) is 9.18 Å². The van der Waals surface area contributed by atoms with E-state index in [1.165, 1.54) is 18.4 Å². The van der Waals surface area contributed by atoms with Crippen molar-refractivity contribution in [1.82, 2.24) is 10.2 Å². The fourth-order valence-electron chi connectivity index (χ4n) is 1.64. The van der Waals surface area contributed by atoms with Crippen LogP contribution in [0.25, 0.3) is 11.7 Å². The van der Waals surface area contributed by atoms with Gasteiger partial charge in [0.25, 0.3) is 11.1 Å². The van der Waals surface area contributed by atoms with Crippen LogP contribution >= 0.6 is 11.8 Å². The molecule has 3 aromatic rings. The number of halogens is 1. The van der Waals surface area contributed by atoms with Gasteiger partial charge in [-0.2, -0.15) is 0 Å². The highest BCUT2D eigenvalue weighted by molar-refractivity contribution is 7.99. The number of amides is 1. The lowest BCUT2D eigenvalue weighted by molar-refractivity contribution is -0.113. The first-order valence-electron chi connectivity index (χ1n) is 6.27. The number of furan rings is 1. The maximum absolute atomic E-state index is 13.4. The highest BCUT2D eigenvalue weighted by Gasteiger charge is 2.13. The van der Waals surface area contributed by atoms with E-state index in [1.807, 2.05) is 0 Å². The molecule has 0 saturated carbocycles. The Balaban J connectivity index is 1.56. The lowest BCUT2D eigenvalue weighted by Crippen LogP contribution is -2.14. The Morgan fingerprint density at radius 1 is 1.23 bits per heavy atom. The summed E-state index contributed by atoms with van der Waals surface area (Å²) in [5.41, 5.74) is 0.134. The molecule has 1 N–H and O–H groups in total. The van der Waals surface area contributed by atoms with Gasteiger partial charge in [-0.25, -0.2) is 4.39 Å². The van der Waals surface area contributed by atoms with E-state index in [1.54, 1.807) is 24.3 Å². The molecule has 0 aliphatic carbocycles. The number of rotatable bonds is 5. The van der Waals surface area contributed by atoms with Crippen LogP contribution in [0.3, 0.4) is 0 Å². The second-order valence-corrected chi connectivity index (χ2v) is 5.09. The molecule has 1 aromatic carbocycles. The van der Waals surface area contributed by atoms with Gasteiger partial charge in [0.2, 0.25) is 5.91 Å². The maximum Gasteiger partial charge on any atom is 0.284 e. The average molecular weight is 319 g/mol. The average Bonchev–Trinajstić information content (AvgIpc) is 3.18. The van der Waals surface area contributed by atoms with Crippen LogP contribution in [0.5, 0.6) is 0 Å². The quantitative estimate of drug-likeness (QED) is 0.727. The summed E-state index contributed by atoms with van der Waals surface area (Å²) in [5.74, 6) is -0.141. The SMILES string of the molecule is O=C(CSc1nnc(-c2ccco2)o1)Nc1ccccc1F. The van der Waals surface area contributed by atoms with Crippen molar-refractivity contribution >= 4 is 23.4 Å². The summed E-state index contributed by atoms with van der Waals surface area (Å²) in [6, 6.07) is 9.34. The van der Waals surface area contributed by atoms with Crippen LogP contribution in [0.1, 0.15) is 0 Å². The summed E-state index contributed by atoms with van der Waals surface area (Å²) in [6.07, 6.45) is 1.49. The molecule has 0 saturated heterocycles. The minimum atomic E-state index is -0.487. The van der Waals surface area contributed by atoms with E-state index < -0.39 is 5.82 Å². The Morgan fingerprint density at radius 3 is 2.86 bits per heavy atom. The number of nitrogens with zero attached hydrogens (tertiary/aromatic N) is 2. The predicted octanol–water partition coefficient (Wildman–Crippen LogP) is 3.20. The summed E-state index contributed by atoms with van der Waals surface area (Å²) < 4.78 is 23.9. The van der Waals surface area contributed by atoms with Crippen molar-refractivity contribution in [3.05, 3.63) is 48.5 Å². The molecule has 0 atom stereocenters. The number of anilines is 1.